The summed E-state index contributed by atoms with van der Waals surface area (Å²) in [5.74, 6) is 0. The largest absolute Gasteiger partial charge is 0.393 e. The van der Waals surface area contributed by atoms with Crippen LogP contribution in [0.2, 0.25) is 0 Å². The number of urea groups is 1. The number of carbonyl (C=O) groups excluding carboxylic acids is 1. The third-order valence-electron chi connectivity index (χ3n) is 5.66. The van der Waals surface area contributed by atoms with Crippen molar-refractivity contribution in [1.29, 1.82) is 0 Å². The van der Waals surface area contributed by atoms with E-state index in [2.05, 4.69) is 22.5 Å². The van der Waals surface area contributed by atoms with Gasteiger partial charge in [0.15, 0.2) is 0 Å². The number of anilines is 1. The first kappa shape index (κ1) is 17.2. The van der Waals surface area contributed by atoms with Crippen molar-refractivity contribution in [3.05, 3.63) is 30.3 Å². The molecule has 1 heterocycles. The predicted molar refractivity (Wildman–Crippen MR) is 96.1 cm³/mol. The monoisotopic (exact) mass is 331 g/mol. The fourth-order valence-corrected chi connectivity index (χ4v) is 3.98. The normalized spacial score (nSPS) is 29.2. The molecule has 1 saturated carbocycles. The Labute approximate surface area is 144 Å². The van der Waals surface area contributed by atoms with Gasteiger partial charge in [-0.15, -0.1) is 0 Å². The summed E-state index contributed by atoms with van der Waals surface area (Å²) in [6.07, 6.45) is 5.82. The van der Waals surface area contributed by atoms with E-state index in [1.807, 2.05) is 30.3 Å². The van der Waals surface area contributed by atoms with Gasteiger partial charge in [0.05, 0.1) is 6.10 Å². The first-order valence-electron chi connectivity index (χ1n) is 9.11. The van der Waals surface area contributed by atoms with Crippen molar-refractivity contribution in [2.24, 2.45) is 0 Å². The Morgan fingerprint density at radius 1 is 1.12 bits per heavy atom. The Hall–Kier alpha value is -1.59. The Bertz CT molecular complexity index is 533. The number of para-hydroxylation sites is 1. The van der Waals surface area contributed by atoms with Crippen LogP contribution >= 0.6 is 0 Å². The van der Waals surface area contributed by atoms with Crippen molar-refractivity contribution < 1.29 is 9.90 Å². The molecule has 0 bridgehead atoms. The molecule has 0 spiro atoms. The Morgan fingerprint density at radius 3 is 2.38 bits per heavy atom. The summed E-state index contributed by atoms with van der Waals surface area (Å²) in [4.78, 5) is 14.7. The lowest BCUT2D eigenvalue weighted by molar-refractivity contribution is 0.00338. The minimum atomic E-state index is -0.119. The van der Waals surface area contributed by atoms with Crippen molar-refractivity contribution in [3.8, 4) is 0 Å². The van der Waals surface area contributed by atoms with E-state index in [0.29, 0.717) is 0 Å². The molecular formula is C19H29N3O2. The molecule has 24 heavy (non-hydrogen) atoms. The van der Waals surface area contributed by atoms with Crippen LogP contribution < -0.4 is 10.6 Å². The predicted octanol–water partition coefficient (Wildman–Crippen LogP) is 2.97. The van der Waals surface area contributed by atoms with Gasteiger partial charge in [-0.05, 0) is 57.6 Å². The van der Waals surface area contributed by atoms with Crippen LogP contribution in [0.15, 0.2) is 30.3 Å². The minimum absolute atomic E-state index is 0.112. The average molecular weight is 331 g/mol. The summed E-state index contributed by atoms with van der Waals surface area (Å²) >= 11 is 0. The molecule has 5 heteroatoms. The van der Waals surface area contributed by atoms with Crippen molar-refractivity contribution in [1.82, 2.24) is 10.2 Å². The third kappa shape index (κ3) is 4.28. The number of piperidine rings is 1. The highest BCUT2D eigenvalue weighted by molar-refractivity contribution is 5.89. The van der Waals surface area contributed by atoms with Gasteiger partial charge >= 0.3 is 6.03 Å². The Kier molecular flexibility index (Phi) is 5.41. The van der Waals surface area contributed by atoms with E-state index in [-0.39, 0.29) is 23.7 Å². The summed E-state index contributed by atoms with van der Waals surface area (Å²) in [5.41, 5.74) is 1.04. The van der Waals surface area contributed by atoms with Gasteiger partial charge < -0.3 is 15.7 Å². The Balaban J connectivity index is 1.44. The lowest BCUT2D eigenvalue weighted by Crippen LogP contribution is -2.55. The topological polar surface area (TPSA) is 64.6 Å². The van der Waals surface area contributed by atoms with E-state index in [0.717, 1.165) is 57.3 Å². The summed E-state index contributed by atoms with van der Waals surface area (Å²) in [5, 5.41) is 15.7. The number of nitrogens with zero attached hydrogens (tertiary/aromatic N) is 1. The zero-order valence-corrected chi connectivity index (χ0v) is 14.5. The van der Waals surface area contributed by atoms with Crippen LogP contribution in [0.5, 0.6) is 0 Å². The standard InChI is InChI=1S/C19H29N3O2/c1-19(11-7-17(23)8-12-19)22-13-9-16(10-14-22)21-18(24)20-15-5-3-2-4-6-15/h2-6,16-17,23H,7-14H2,1H3,(H2,20,21,24). The van der Waals surface area contributed by atoms with Crippen LogP contribution in [0.1, 0.15) is 45.4 Å². The second kappa shape index (κ2) is 7.53. The van der Waals surface area contributed by atoms with E-state index < -0.39 is 0 Å². The van der Waals surface area contributed by atoms with Gasteiger partial charge in [-0.3, -0.25) is 4.90 Å². The molecular weight excluding hydrogens is 302 g/mol. The summed E-state index contributed by atoms with van der Waals surface area (Å²) in [6.45, 7) is 4.36. The van der Waals surface area contributed by atoms with Crippen molar-refractivity contribution in [2.45, 2.75) is 63.1 Å². The summed E-state index contributed by atoms with van der Waals surface area (Å²) < 4.78 is 0. The number of hydrogen-bond donors (Lipinski definition) is 3. The number of hydrogen-bond acceptors (Lipinski definition) is 3. The number of nitrogens with one attached hydrogen (secondary N) is 2. The molecule has 0 atom stereocenters. The number of amides is 2. The second-order valence-electron chi connectivity index (χ2n) is 7.45. The lowest BCUT2D eigenvalue weighted by atomic mass is 9.79. The molecule has 0 aromatic heterocycles. The second-order valence-corrected chi connectivity index (χ2v) is 7.45. The molecule has 1 aromatic carbocycles. The fraction of sp³-hybridized carbons (Fsp3) is 0.632. The first-order chi connectivity index (χ1) is 11.5. The van der Waals surface area contributed by atoms with Gasteiger partial charge in [-0.1, -0.05) is 18.2 Å². The van der Waals surface area contributed by atoms with E-state index in [9.17, 15) is 9.90 Å². The highest BCUT2D eigenvalue weighted by atomic mass is 16.3. The number of aliphatic hydroxyl groups is 1. The quantitative estimate of drug-likeness (QED) is 0.798. The van der Waals surface area contributed by atoms with Crippen LogP contribution in [0.3, 0.4) is 0 Å². The lowest BCUT2D eigenvalue weighted by Gasteiger charge is -2.48. The molecule has 1 aliphatic carbocycles. The number of carbonyl (C=O) groups is 1. The van der Waals surface area contributed by atoms with Crippen LogP contribution in [0, 0.1) is 0 Å². The van der Waals surface area contributed by atoms with E-state index in [1.54, 1.807) is 0 Å². The molecule has 3 N–H and O–H groups in total. The molecule has 1 aliphatic heterocycles. The van der Waals surface area contributed by atoms with Gasteiger partial charge in [0, 0.05) is 30.4 Å². The minimum Gasteiger partial charge on any atom is -0.393 e. The molecule has 1 aromatic rings. The first-order valence-corrected chi connectivity index (χ1v) is 9.11. The highest BCUT2D eigenvalue weighted by Crippen LogP contribution is 2.35. The van der Waals surface area contributed by atoms with E-state index >= 15 is 0 Å². The van der Waals surface area contributed by atoms with Gasteiger partial charge in [-0.25, -0.2) is 4.79 Å². The van der Waals surface area contributed by atoms with E-state index in [4.69, 9.17) is 0 Å². The number of rotatable bonds is 3. The van der Waals surface area contributed by atoms with Crippen molar-refractivity contribution in [3.63, 3.8) is 0 Å². The summed E-state index contributed by atoms with van der Waals surface area (Å²) in [7, 11) is 0. The number of benzene rings is 1. The van der Waals surface area contributed by atoms with Crippen molar-refractivity contribution in [2.75, 3.05) is 18.4 Å². The molecule has 0 unspecified atom stereocenters. The molecule has 2 fully saturated rings. The number of likely N-dealkylation sites (tertiary alicyclic amines) is 1. The zero-order chi connectivity index (χ0) is 17.0. The van der Waals surface area contributed by atoms with Gasteiger partial charge in [0.25, 0.3) is 0 Å². The van der Waals surface area contributed by atoms with Crippen molar-refractivity contribution >= 4 is 11.7 Å². The Morgan fingerprint density at radius 2 is 1.75 bits per heavy atom. The maximum atomic E-state index is 12.1. The maximum Gasteiger partial charge on any atom is 0.319 e. The van der Waals surface area contributed by atoms with Crippen LogP contribution in [-0.4, -0.2) is 46.8 Å². The van der Waals surface area contributed by atoms with Gasteiger partial charge in [0.2, 0.25) is 0 Å². The molecule has 2 aliphatic rings. The SMILES string of the molecule is CC1(N2CCC(NC(=O)Nc3ccccc3)CC2)CCC(O)CC1. The molecule has 132 valence electrons. The molecule has 2 amide bonds. The van der Waals surface area contributed by atoms with Gasteiger partial charge in [0.1, 0.15) is 0 Å². The molecule has 3 rings (SSSR count). The molecule has 0 radical (unpaired) electrons. The molecule has 5 nitrogen and oxygen atoms in total. The fourth-order valence-electron chi connectivity index (χ4n) is 3.98. The highest BCUT2D eigenvalue weighted by Gasteiger charge is 2.37. The van der Waals surface area contributed by atoms with Crippen LogP contribution in [-0.2, 0) is 0 Å². The third-order valence-corrected chi connectivity index (χ3v) is 5.66. The molecule has 1 saturated heterocycles. The van der Waals surface area contributed by atoms with Crippen LogP contribution in [0.25, 0.3) is 0 Å². The smallest absolute Gasteiger partial charge is 0.319 e. The van der Waals surface area contributed by atoms with Gasteiger partial charge in [-0.2, -0.15) is 0 Å². The summed E-state index contributed by atoms with van der Waals surface area (Å²) in [6, 6.07) is 9.66. The van der Waals surface area contributed by atoms with E-state index in [1.165, 1.54) is 0 Å². The number of aliphatic hydroxyl groups excluding tert-OH is 1. The average Bonchev–Trinajstić information content (AvgIpc) is 2.59. The maximum absolute atomic E-state index is 12.1. The van der Waals surface area contributed by atoms with Crippen LogP contribution in [0.4, 0.5) is 10.5 Å². The zero-order valence-electron chi connectivity index (χ0n) is 14.5.